The number of aliphatic hydroxyl groups excluding tert-OH is 1. The van der Waals surface area contributed by atoms with Crippen LogP contribution in [0.5, 0.6) is 0 Å². The summed E-state index contributed by atoms with van der Waals surface area (Å²) in [6, 6.07) is 0.0452. The van der Waals surface area contributed by atoms with Crippen molar-refractivity contribution in [2.45, 2.75) is 31.7 Å². The first kappa shape index (κ1) is 11.5. The lowest BCUT2D eigenvalue weighted by Gasteiger charge is -2.22. The zero-order chi connectivity index (χ0) is 11.4. The zero-order valence-corrected chi connectivity index (χ0v) is 9.95. The fourth-order valence-corrected chi connectivity index (χ4v) is 2.73. The Morgan fingerprint density at radius 1 is 1.62 bits per heavy atom. The molecule has 2 rings (SSSR count). The van der Waals surface area contributed by atoms with Gasteiger partial charge >= 0.3 is 0 Å². The van der Waals surface area contributed by atoms with E-state index >= 15 is 0 Å². The van der Waals surface area contributed by atoms with Crippen molar-refractivity contribution in [3.8, 4) is 0 Å². The monoisotopic (exact) mass is 240 g/mol. The molecule has 4 nitrogen and oxygen atoms in total. The molecule has 0 unspecified atom stereocenters. The van der Waals surface area contributed by atoms with Gasteiger partial charge in [-0.1, -0.05) is 0 Å². The highest BCUT2D eigenvalue weighted by molar-refractivity contribution is 7.09. The summed E-state index contributed by atoms with van der Waals surface area (Å²) < 4.78 is 0. The van der Waals surface area contributed by atoms with E-state index in [-0.39, 0.29) is 18.6 Å². The Balaban J connectivity index is 1.78. The summed E-state index contributed by atoms with van der Waals surface area (Å²) in [5.41, 5.74) is 0. The highest BCUT2D eigenvalue weighted by Crippen LogP contribution is 2.19. The number of carbonyl (C=O) groups is 1. The highest BCUT2D eigenvalue weighted by Gasteiger charge is 2.29. The molecule has 1 fully saturated rings. The fourth-order valence-electron chi connectivity index (χ4n) is 2.07. The van der Waals surface area contributed by atoms with Crippen molar-refractivity contribution in [2.75, 3.05) is 13.2 Å². The average Bonchev–Trinajstić information content (AvgIpc) is 2.90. The van der Waals surface area contributed by atoms with Crippen molar-refractivity contribution in [1.82, 2.24) is 9.88 Å². The molecule has 2 heterocycles. The Kier molecular flexibility index (Phi) is 3.90. The SMILES string of the molecule is O=C1CC[C@H](CO)N1CCCc1nccs1. The van der Waals surface area contributed by atoms with Crippen LogP contribution in [-0.4, -0.2) is 40.1 Å². The van der Waals surface area contributed by atoms with E-state index in [0.717, 1.165) is 30.8 Å². The molecule has 1 atom stereocenters. The molecule has 1 aromatic heterocycles. The van der Waals surface area contributed by atoms with Gasteiger partial charge in [0.05, 0.1) is 17.7 Å². The van der Waals surface area contributed by atoms with Crippen LogP contribution in [-0.2, 0) is 11.2 Å². The molecule has 16 heavy (non-hydrogen) atoms. The maximum Gasteiger partial charge on any atom is 0.222 e. The number of likely N-dealkylation sites (tertiary alicyclic amines) is 1. The number of rotatable bonds is 5. The second kappa shape index (κ2) is 5.41. The fraction of sp³-hybridized carbons (Fsp3) is 0.636. The minimum absolute atomic E-state index is 0.0452. The molecule has 0 bridgehead atoms. The minimum Gasteiger partial charge on any atom is -0.394 e. The number of carbonyl (C=O) groups excluding carboxylic acids is 1. The maximum atomic E-state index is 11.5. The maximum absolute atomic E-state index is 11.5. The first-order chi connectivity index (χ1) is 7.81. The quantitative estimate of drug-likeness (QED) is 0.837. The average molecular weight is 240 g/mol. The third-order valence-corrected chi connectivity index (χ3v) is 3.78. The summed E-state index contributed by atoms with van der Waals surface area (Å²) in [7, 11) is 0. The predicted octanol–water partition coefficient (Wildman–Crippen LogP) is 1.06. The standard InChI is InChI=1S/C11H16N2O2S/c14-8-9-3-4-11(15)13(9)6-1-2-10-12-5-7-16-10/h5,7,9,14H,1-4,6,8H2/t9-/m1/s1. The molecule has 0 saturated carbocycles. The van der Waals surface area contributed by atoms with E-state index < -0.39 is 0 Å². The summed E-state index contributed by atoms with van der Waals surface area (Å²) in [4.78, 5) is 17.6. The molecular formula is C11H16N2O2S. The van der Waals surface area contributed by atoms with Gasteiger partial charge in [0.2, 0.25) is 5.91 Å². The van der Waals surface area contributed by atoms with E-state index in [1.807, 2.05) is 10.3 Å². The van der Waals surface area contributed by atoms with Gasteiger partial charge in [-0.25, -0.2) is 4.98 Å². The Morgan fingerprint density at radius 2 is 2.50 bits per heavy atom. The molecule has 5 heteroatoms. The van der Waals surface area contributed by atoms with Crippen LogP contribution in [0.1, 0.15) is 24.3 Å². The molecule has 1 saturated heterocycles. The second-order valence-corrected chi connectivity index (χ2v) is 4.97. The molecule has 1 aromatic rings. The van der Waals surface area contributed by atoms with Gasteiger partial charge in [0.1, 0.15) is 0 Å². The number of aryl methyl sites for hydroxylation is 1. The zero-order valence-electron chi connectivity index (χ0n) is 9.13. The van der Waals surface area contributed by atoms with Gasteiger partial charge < -0.3 is 10.0 Å². The molecule has 1 aliphatic rings. The number of thiazole rings is 1. The van der Waals surface area contributed by atoms with Crippen LogP contribution >= 0.6 is 11.3 Å². The van der Waals surface area contributed by atoms with Crippen LogP contribution in [0.2, 0.25) is 0 Å². The summed E-state index contributed by atoms with van der Waals surface area (Å²) in [5.74, 6) is 0.179. The van der Waals surface area contributed by atoms with Gasteiger partial charge in [-0.05, 0) is 12.8 Å². The topological polar surface area (TPSA) is 53.4 Å². The van der Waals surface area contributed by atoms with Gasteiger partial charge in [0.25, 0.3) is 0 Å². The first-order valence-electron chi connectivity index (χ1n) is 5.60. The van der Waals surface area contributed by atoms with E-state index in [1.165, 1.54) is 0 Å². The van der Waals surface area contributed by atoms with E-state index in [9.17, 15) is 4.79 Å². The summed E-state index contributed by atoms with van der Waals surface area (Å²) >= 11 is 1.65. The molecule has 1 amide bonds. The van der Waals surface area contributed by atoms with Gasteiger partial charge in [-0.2, -0.15) is 0 Å². The molecule has 88 valence electrons. The molecule has 0 spiro atoms. The molecule has 1 N–H and O–H groups in total. The van der Waals surface area contributed by atoms with E-state index in [1.54, 1.807) is 17.5 Å². The summed E-state index contributed by atoms with van der Waals surface area (Å²) in [6.07, 6.45) is 5.03. The van der Waals surface area contributed by atoms with Gasteiger partial charge in [-0.3, -0.25) is 4.79 Å². The van der Waals surface area contributed by atoms with Gasteiger partial charge in [0.15, 0.2) is 0 Å². The number of aromatic nitrogens is 1. The van der Waals surface area contributed by atoms with Crippen LogP contribution in [0.3, 0.4) is 0 Å². The highest BCUT2D eigenvalue weighted by atomic mass is 32.1. The van der Waals surface area contributed by atoms with Crippen molar-refractivity contribution in [3.05, 3.63) is 16.6 Å². The van der Waals surface area contributed by atoms with Crippen molar-refractivity contribution in [2.24, 2.45) is 0 Å². The molecular weight excluding hydrogens is 224 g/mol. The van der Waals surface area contributed by atoms with E-state index in [2.05, 4.69) is 4.98 Å². The van der Waals surface area contributed by atoms with Crippen molar-refractivity contribution in [3.63, 3.8) is 0 Å². The lowest BCUT2D eigenvalue weighted by molar-refractivity contribution is -0.129. The summed E-state index contributed by atoms with van der Waals surface area (Å²) in [6.45, 7) is 0.826. The second-order valence-electron chi connectivity index (χ2n) is 3.99. The summed E-state index contributed by atoms with van der Waals surface area (Å²) in [5, 5.41) is 12.2. The van der Waals surface area contributed by atoms with Gasteiger partial charge in [-0.15, -0.1) is 11.3 Å². The van der Waals surface area contributed by atoms with Crippen LogP contribution in [0.15, 0.2) is 11.6 Å². The Labute approximate surface area is 98.9 Å². The third kappa shape index (κ3) is 2.59. The lowest BCUT2D eigenvalue weighted by atomic mass is 10.2. The molecule has 0 aromatic carbocycles. The third-order valence-electron chi connectivity index (χ3n) is 2.94. The number of hydrogen-bond acceptors (Lipinski definition) is 4. The smallest absolute Gasteiger partial charge is 0.222 e. The van der Waals surface area contributed by atoms with Gasteiger partial charge in [0, 0.05) is 31.0 Å². The predicted molar refractivity (Wildman–Crippen MR) is 62.3 cm³/mol. The molecule has 0 radical (unpaired) electrons. The van der Waals surface area contributed by atoms with E-state index in [4.69, 9.17) is 5.11 Å². The Hall–Kier alpha value is -0.940. The van der Waals surface area contributed by atoms with Crippen molar-refractivity contribution >= 4 is 17.2 Å². The number of nitrogens with zero attached hydrogens (tertiary/aromatic N) is 2. The molecule has 1 aliphatic heterocycles. The minimum atomic E-state index is 0.0452. The van der Waals surface area contributed by atoms with Crippen LogP contribution in [0.25, 0.3) is 0 Å². The first-order valence-corrected chi connectivity index (χ1v) is 6.48. The number of amides is 1. The molecule has 0 aliphatic carbocycles. The normalized spacial score (nSPS) is 20.7. The van der Waals surface area contributed by atoms with Crippen molar-refractivity contribution < 1.29 is 9.90 Å². The Bertz CT molecular complexity index is 340. The number of hydrogen-bond donors (Lipinski definition) is 1. The number of aliphatic hydroxyl groups is 1. The Morgan fingerprint density at radius 3 is 3.19 bits per heavy atom. The van der Waals surface area contributed by atoms with Crippen LogP contribution in [0, 0.1) is 0 Å². The van der Waals surface area contributed by atoms with Crippen LogP contribution < -0.4 is 0 Å². The lowest BCUT2D eigenvalue weighted by Crippen LogP contribution is -2.36. The van der Waals surface area contributed by atoms with Crippen LogP contribution in [0.4, 0.5) is 0 Å². The van der Waals surface area contributed by atoms with E-state index in [0.29, 0.717) is 6.42 Å². The van der Waals surface area contributed by atoms with Crippen molar-refractivity contribution in [1.29, 1.82) is 0 Å². The largest absolute Gasteiger partial charge is 0.394 e.